The number of ether oxygens (including phenoxy) is 2. The minimum Gasteiger partial charge on any atom is -0.454 e. The van der Waals surface area contributed by atoms with Gasteiger partial charge in [0.25, 0.3) is 0 Å². The monoisotopic (exact) mass is 308 g/mol. The number of hydrogen-bond acceptors (Lipinski definition) is 4. The van der Waals surface area contributed by atoms with Crippen molar-refractivity contribution >= 4 is 18.2 Å². The average molecular weight is 308 g/mol. The van der Waals surface area contributed by atoms with Gasteiger partial charge in [0.1, 0.15) is 0 Å². The van der Waals surface area contributed by atoms with E-state index in [0.29, 0.717) is 11.5 Å². The molecule has 1 N–H and O–H groups in total. The number of hydrazone groups is 1. The molecule has 0 atom stereocenters. The van der Waals surface area contributed by atoms with Gasteiger partial charge in [-0.3, -0.25) is 4.79 Å². The quantitative estimate of drug-likeness (QED) is 0.682. The molecule has 0 saturated heterocycles. The van der Waals surface area contributed by atoms with Crippen molar-refractivity contribution in [3.63, 3.8) is 0 Å². The van der Waals surface area contributed by atoms with Crippen molar-refractivity contribution in [2.75, 3.05) is 6.79 Å². The Hall–Kier alpha value is -3.08. The highest BCUT2D eigenvalue weighted by Gasteiger charge is 2.14. The molecule has 0 fully saturated rings. The maximum absolute atomic E-state index is 11.8. The lowest BCUT2D eigenvalue weighted by Crippen LogP contribution is -2.19. The predicted molar refractivity (Wildman–Crippen MR) is 88.4 cm³/mol. The van der Waals surface area contributed by atoms with E-state index in [1.165, 1.54) is 0 Å². The van der Waals surface area contributed by atoms with Gasteiger partial charge in [-0.1, -0.05) is 42.5 Å². The van der Waals surface area contributed by atoms with Crippen molar-refractivity contribution in [2.45, 2.75) is 6.42 Å². The Morgan fingerprint density at radius 2 is 1.96 bits per heavy atom. The van der Waals surface area contributed by atoms with Gasteiger partial charge >= 0.3 is 0 Å². The zero-order chi connectivity index (χ0) is 15.9. The summed E-state index contributed by atoms with van der Waals surface area (Å²) in [4.78, 5) is 11.8. The smallest absolute Gasteiger partial charge is 0.244 e. The number of fused-ring (bicyclic) bond motifs is 1. The molecule has 0 spiro atoms. The number of rotatable bonds is 5. The number of nitrogens with zero attached hydrogens (tertiary/aromatic N) is 1. The molecule has 3 rings (SSSR count). The van der Waals surface area contributed by atoms with Crippen LogP contribution in [-0.2, 0) is 11.2 Å². The summed E-state index contributed by atoms with van der Waals surface area (Å²) in [6.45, 7) is 0.225. The molecule has 0 aliphatic carbocycles. The third-order valence-corrected chi connectivity index (χ3v) is 3.24. The molecule has 1 heterocycles. The summed E-state index contributed by atoms with van der Waals surface area (Å²) in [6, 6.07) is 15.3. The second-order valence-electron chi connectivity index (χ2n) is 4.95. The number of amides is 1. The third-order valence-electron chi connectivity index (χ3n) is 3.24. The summed E-state index contributed by atoms with van der Waals surface area (Å²) >= 11 is 0. The highest BCUT2D eigenvalue weighted by atomic mass is 16.7. The number of nitrogens with one attached hydrogen (secondary N) is 1. The van der Waals surface area contributed by atoms with Crippen LogP contribution in [0.1, 0.15) is 11.1 Å². The van der Waals surface area contributed by atoms with Crippen LogP contribution in [-0.4, -0.2) is 18.9 Å². The van der Waals surface area contributed by atoms with Gasteiger partial charge in [-0.15, -0.1) is 0 Å². The molecule has 0 aromatic heterocycles. The molecule has 5 heteroatoms. The molecule has 2 aromatic rings. The van der Waals surface area contributed by atoms with Gasteiger partial charge in [0.2, 0.25) is 12.7 Å². The number of hydrogen-bond donors (Lipinski definition) is 1. The van der Waals surface area contributed by atoms with E-state index < -0.39 is 0 Å². The second-order valence-corrected chi connectivity index (χ2v) is 4.95. The van der Waals surface area contributed by atoms with Crippen molar-refractivity contribution in [2.24, 2.45) is 5.10 Å². The van der Waals surface area contributed by atoms with Crippen LogP contribution < -0.4 is 14.9 Å². The summed E-state index contributed by atoms with van der Waals surface area (Å²) in [5, 5.41) is 3.89. The van der Waals surface area contributed by atoms with Crippen LogP contribution in [0.4, 0.5) is 0 Å². The third kappa shape index (κ3) is 4.20. The Kier molecular flexibility index (Phi) is 4.69. The van der Waals surface area contributed by atoms with E-state index in [-0.39, 0.29) is 19.1 Å². The normalized spacial score (nSPS) is 12.9. The van der Waals surface area contributed by atoms with Crippen LogP contribution in [0.2, 0.25) is 0 Å². The van der Waals surface area contributed by atoms with Gasteiger partial charge in [-0.25, -0.2) is 5.43 Å². The summed E-state index contributed by atoms with van der Waals surface area (Å²) in [5.74, 6) is 1.19. The molecular weight excluding hydrogens is 292 g/mol. The lowest BCUT2D eigenvalue weighted by atomic mass is 10.1. The SMILES string of the molecule is O=C(Cc1ccc2c(c1)OCO2)N/N=C\C=C\c1ccccc1. The summed E-state index contributed by atoms with van der Waals surface area (Å²) in [6.07, 6.45) is 5.46. The van der Waals surface area contributed by atoms with Gasteiger partial charge in [-0.05, 0) is 29.3 Å². The Bertz CT molecular complexity index is 739. The van der Waals surface area contributed by atoms with Crippen LogP contribution in [0.15, 0.2) is 59.7 Å². The van der Waals surface area contributed by atoms with E-state index >= 15 is 0 Å². The lowest BCUT2D eigenvalue weighted by Gasteiger charge is -2.02. The zero-order valence-electron chi connectivity index (χ0n) is 12.4. The van der Waals surface area contributed by atoms with Crippen LogP contribution in [0.25, 0.3) is 6.08 Å². The standard InChI is InChI=1S/C18H16N2O3/c21-18(12-15-8-9-16-17(11-15)23-13-22-16)20-19-10-4-7-14-5-2-1-3-6-14/h1-11H,12-13H2,(H,20,21)/b7-4+,19-10-. The first kappa shape index (κ1) is 14.8. The fraction of sp³-hybridized carbons (Fsp3) is 0.111. The van der Waals surface area contributed by atoms with E-state index in [0.717, 1.165) is 11.1 Å². The Morgan fingerprint density at radius 3 is 2.83 bits per heavy atom. The van der Waals surface area contributed by atoms with Crippen LogP contribution in [0.3, 0.4) is 0 Å². The largest absolute Gasteiger partial charge is 0.454 e. The number of allylic oxidation sites excluding steroid dienone is 1. The maximum Gasteiger partial charge on any atom is 0.244 e. The Morgan fingerprint density at radius 1 is 1.13 bits per heavy atom. The van der Waals surface area contributed by atoms with E-state index in [1.807, 2.05) is 42.5 Å². The molecule has 116 valence electrons. The molecule has 23 heavy (non-hydrogen) atoms. The van der Waals surface area contributed by atoms with Crippen molar-refractivity contribution in [3.05, 3.63) is 65.7 Å². The molecule has 1 aliphatic rings. The number of benzene rings is 2. The molecule has 5 nitrogen and oxygen atoms in total. The molecule has 0 saturated carbocycles. The van der Waals surface area contributed by atoms with Gasteiger partial charge in [-0.2, -0.15) is 5.10 Å². The van der Waals surface area contributed by atoms with Gasteiger partial charge in [0.15, 0.2) is 11.5 Å². The minimum atomic E-state index is -0.187. The topological polar surface area (TPSA) is 59.9 Å². The fourth-order valence-corrected chi connectivity index (χ4v) is 2.15. The molecule has 1 amide bonds. The van der Waals surface area contributed by atoms with Crippen molar-refractivity contribution in [3.8, 4) is 11.5 Å². The highest BCUT2D eigenvalue weighted by Crippen LogP contribution is 2.32. The molecule has 2 aromatic carbocycles. The first-order chi connectivity index (χ1) is 11.3. The van der Waals surface area contributed by atoms with E-state index in [4.69, 9.17) is 9.47 Å². The van der Waals surface area contributed by atoms with Crippen molar-refractivity contribution in [1.29, 1.82) is 0 Å². The zero-order valence-corrected chi connectivity index (χ0v) is 12.4. The van der Waals surface area contributed by atoms with Gasteiger partial charge in [0, 0.05) is 6.21 Å². The first-order valence-electron chi connectivity index (χ1n) is 7.23. The molecule has 0 radical (unpaired) electrons. The molecule has 0 bridgehead atoms. The molecule has 1 aliphatic heterocycles. The van der Waals surface area contributed by atoms with Crippen LogP contribution in [0.5, 0.6) is 11.5 Å². The van der Waals surface area contributed by atoms with Crippen LogP contribution >= 0.6 is 0 Å². The Labute approximate surface area is 134 Å². The maximum atomic E-state index is 11.8. The minimum absolute atomic E-state index is 0.187. The van der Waals surface area contributed by atoms with Gasteiger partial charge < -0.3 is 9.47 Å². The van der Waals surface area contributed by atoms with E-state index in [9.17, 15) is 4.79 Å². The first-order valence-corrected chi connectivity index (χ1v) is 7.23. The number of carbonyl (C=O) groups is 1. The van der Waals surface area contributed by atoms with Gasteiger partial charge in [0.05, 0.1) is 6.42 Å². The number of carbonyl (C=O) groups excluding carboxylic acids is 1. The summed E-state index contributed by atoms with van der Waals surface area (Å²) in [5.41, 5.74) is 4.42. The lowest BCUT2D eigenvalue weighted by molar-refractivity contribution is -0.120. The van der Waals surface area contributed by atoms with E-state index in [1.54, 1.807) is 24.4 Å². The molecule has 0 unspecified atom stereocenters. The second kappa shape index (κ2) is 7.26. The van der Waals surface area contributed by atoms with E-state index in [2.05, 4.69) is 10.5 Å². The molecular formula is C18H16N2O3. The van der Waals surface area contributed by atoms with Crippen LogP contribution in [0, 0.1) is 0 Å². The van der Waals surface area contributed by atoms with Crippen molar-refractivity contribution in [1.82, 2.24) is 5.43 Å². The summed E-state index contributed by atoms with van der Waals surface area (Å²) < 4.78 is 10.5. The predicted octanol–water partition coefficient (Wildman–Crippen LogP) is 2.77. The summed E-state index contributed by atoms with van der Waals surface area (Å²) in [7, 11) is 0. The Balaban J connectivity index is 1.48. The fourth-order valence-electron chi connectivity index (χ4n) is 2.15. The van der Waals surface area contributed by atoms with Crippen molar-refractivity contribution < 1.29 is 14.3 Å². The highest BCUT2D eigenvalue weighted by molar-refractivity contribution is 5.82. The average Bonchev–Trinajstić information content (AvgIpc) is 3.03.